The van der Waals surface area contributed by atoms with Gasteiger partial charge in [-0.25, -0.2) is 13.2 Å². The smallest absolute Gasteiger partial charge is 0.234 e. The molecule has 6 nitrogen and oxygen atoms in total. The summed E-state index contributed by atoms with van der Waals surface area (Å²) < 4.78 is 41.3. The molecular weight excluding hydrogens is 355 g/mol. The van der Waals surface area contributed by atoms with E-state index in [1.807, 2.05) is 0 Å². The number of nitrogens with one attached hydrogen (secondary N) is 1. The summed E-state index contributed by atoms with van der Waals surface area (Å²) >= 11 is 1.33. The van der Waals surface area contributed by atoms with Gasteiger partial charge in [-0.1, -0.05) is 11.3 Å². The van der Waals surface area contributed by atoms with Crippen LogP contribution in [0.1, 0.15) is 36.0 Å². The Kier molecular flexibility index (Phi) is 3.91. The first-order chi connectivity index (χ1) is 12.0. The lowest BCUT2D eigenvalue weighted by Gasteiger charge is -2.06. The molecule has 1 saturated carbocycles. The van der Waals surface area contributed by atoms with Gasteiger partial charge in [0.2, 0.25) is 10.9 Å². The Hall–Kier alpha value is -2.49. The Morgan fingerprint density at radius 3 is 2.80 bits per heavy atom. The lowest BCUT2D eigenvalue weighted by atomic mass is 10.2. The Bertz CT molecular complexity index is 966. The Morgan fingerprint density at radius 2 is 2.04 bits per heavy atom. The average Bonchev–Trinajstić information content (AvgIpc) is 3.23. The number of hydrogen-bond acceptors (Lipinski definition) is 5. The van der Waals surface area contributed by atoms with Gasteiger partial charge in [-0.05, 0) is 25.0 Å². The number of carbonyl (C=O) groups is 1. The van der Waals surface area contributed by atoms with Crippen LogP contribution in [0.3, 0.4) is 0 Å². The van der Waals surface area contributed by atoms with Crippen molar-refractivity contribution in [2.24, 2.45) is 0 Å². The molecule has 1 aromatic carbocycles. The summed E-state index contributed by atoms with van der Waals surface area (Å²) in [5.41, 5.74) is -0.391. The van der Waals surface area contributed by atoms with E-state index in [9.17, 15) is 18.0 Å². The van der Waals surface area contributed by atoms with Gasteiger partial charge in [0.15, 0.2) is 23.3 Å². The highest BCUT2D eigenvalue weighted by Crippen LogP contribution is 2.39. The minimum atomic E-state index is -1.61. The molecule has 0 unspecified atom stereocenters. The van der Waals surface area contributed by atoms with E-state index in [2.05, 4.69) is 20.6 Å². The zero-order valence-corrected chi connectivity index (χ0v) is 13.6. The second-order valence-corrected chi connectivity index (χ2v) is 6.83. The van der Waals surface area contributed by atoms with Crippen LogP contribution in [0.15, 0.2) is 12.1 Å². The standard InChI is InChI=1S/C15H12F3N5OS/c16-8-3-4-9(13(18)12(8)17)19-10(24)5-6-11-22-23-14(7-1-2-7)20-21-15(23)25-11/h3-4,7H,1-2,5-6H2,(H,19,24). The van der Waals surface area contributed by atoms with Crippen LogP contribution in [0.2, 0.25) is 0 Å². The van der Waals surface area contributed by atoms with Crippen molar-refractivity contribution in [1.82, 2.24) is 19.8 Å². The van der Waals surface area contributed by atoms with Crippen molar-refractivity contribution < 1.29 is 18.0 Å². The SMILES string of the molecule is O=C(CCc1nn2c(C3CC3)nnc2s1)Nc1ccc(F)c(F)c1F. The number of amides is 1. The highest BCUT2D eigenvalue weighted by Gasteiger charge is 2.30. The van der Waals surface area contributed by atoms with Gasteiger partial charge in [-0.15, -0.1) is 10.2 Å². The highest BCUT2D eigenvalue weighted by molar-refractivity contribution is 7.16. The highest BCUT2D eigenvalue weighted by atomic mass is 32.1. The summed E-state index contributed by atoms with van der Waals surface area (Å²) in [6, 6.07) is 1.74. The van der Waals surface area contributed by atoms with Crippen LogP contribution in [-0.2, 0) is 11.2 Å². The molecule has 1 fully saturated rings. The van der Waals surface area contributed by atoms with Crippen LogP contribution < -0.4 is 5.32 Å². The van der Waals surface area contributed by atoms with Crippen molar-refractivity contribution in [2.45, 2.75) is 31.6 Å². The van der Waals surface area contributed by atoms with Crippen molar-refractivity contribution >= 4 is 27.9 Å². The number of anilines is 1. The number of fused-ring (bicyclic) bond motifs is 1. The molecule has 0 aliphatic heterocycles. The van der Waals surface area contributed by atoms with Gasteiger partial charge in [0.1, 0.15) is 5.01 Å². The van der Waals surface area contributed by atoms with Crippen LogP contribution in [0, 0.1) is 17.5 Å². The molecule has 0 saturated heterocycles. The number of nitrogens with zero attached hydrogens (tertiary/aromatic N) is 4. The molecule has 1 amide bonds. The lowest BCUT2D eigenvalue weighted by Crippen LogP contribution is -2.14. The van der Waals surface area contributed by atoms with E-state index in [4.69, 9.17) is 0 Å². The summed E-state index contributed by atoms with van der Waals surface area (Å²) in [6.07, 6.45) is 2.52. The summed E-state index contributed by atoms with van der Waals surface area (Å²) in [6.45, 7) is 0. The van der Waals surface area contributed by atoms with Gasteiger partial charge in [0.25, 0.3) is 0 Å². The van der Waals surface area contributed by atoms with Gasteiger partial charge < -0.3 is 5.32 Å². The molecule has 0 spiro atoms. The Balaban J connectivity index is 1.41. The largest absolute Gasteiger partial charge is 0.323 e. The summed E-state index contributed by atoms with van der Waals surface area (Å²) in [5, 5.41) is 15.5. The fourth-order valence-electron chi connectivity index (χ4n) is 2.42. The van der Waals surface area contributed by atoms with E-state index in [0.29, 0.717) is 22.3 Å². The minimum absolute atomic E-state index is 0.0291. The first-order valence-electron chi connectivity index (χ1n) is 7.67. The molecule has 130 valence electrons. The van der Waals surface area contributed by atoms with E-state index >= 15 is 0 Å². The van der Waals surface area contributed by atoms with Crippen molar-refractivity contribution in [1.29, 1.82) is 0 Å². The van der Waals surface area contributed by atoms with Crippen LogP contribution in [-0.4, -0.2) is 25.7 Å². The fraction of sp³-hybridized carbons (Fsp3) is 0.333. The number of aryl methyl sites for hydroxylation is 1. The zero-order valence-electron chi connectivity index (χ0n) is 12.8. The third-order valence-electron chi connectivity index (χ3n) is 3.87. The van der Waals surface area contributed by atoms with Gasteiger partial charge >= 0.3 is 0 Å². The third kappa shape index (κ3) is 3.09. The van der Waals surface area contributed by atoms with Crippen molar-refractivity contribution in [3.05, 3.63) is 40.4 Å². The van der Waals surface area contributed by atoms with E-state index < -0.39 is 29.0 Å². The fourth-order valence-corrected chi connectivity index (χ4v) is 3.26. The van der Waals surface area contributed by atoms with E-state index in [1.165, 1.54) is 11.3 Å². The topological polar surface area (TPSA) is 72.2 Å². The summed E-state index contributed by atoms with van der Waals surface area (Å²) in [4.78, 5) is 12.6. The molecule has 0 bridgehead atoms. The van der Waals surface area contributed by atoms with Gasteiger partial charge in [-0.2, -0.15) is 9.61 Å². The second kappa shape index (κ2) is 6.10. The van der Waals surface area contributed by atoms with Crippen LogP contribution in [0.25, 0.3) is 4.96 Å². The zero-order chi connectivity index (χ0) is 17.6. The van der Waals surface area contributed by atoms with Crippen molar-refractivity contribution in [3.8, 4) is 0 Å². The number of carbonyl (C=O) groups excluding carboxylic acids is 1. The number of rotatable bonds is 5. The maximum Gasteiger partial charge on any atom is 0.234 e. The molecule has 2 aromatic heterocycles. The second-order valence-electron chi connectivity index (χ2n) is 5.79. The monoisotopic (exact) mass is 367 g/mol. The van der Waals surface area contributed by atoms with Crippen molar-refractivity contribution in [2.75, 3.05) is 5.32 Å². The molecule has 1 aliphatic carbocycles. The van der Waals surface area contributed by atoms with Gasteiger partial charge in [0.05, 0.1) is 5.69 Å². The number of aromatic nitrogens is 4. The summed E-state index contributed by atoms with van der Waals surface area (Å²) in [7, 11) is 0. The molecular formula is C15H12F3N5OS. The maximum atomic E-state index is 13.6. The third-order valence-corrected chi connectivity index (χ3v) is 4.83. The average molecular weight is 367 g/mol. The Labute approximate surface area is 143 Å². The van der Waals surface area contributed by atoms with Gasteiger partial charge in [0, 0.05) is 18.8 Å². The molecule has 1 aliphatic rings. The summed E-state index contributed by atoms with van der Waals surface area (Å²) in [5.74, 6) is -3.60. The lowest BCUT2D eigenvalue weighted by molar-refractivity contribution is -0.116. The molecule has 3 aromatic rings. The molecule has 0 radical (unpaired) electrons. The van der Waals surface area contributed by atoms with E-state index in [-0.39, 0.29) is 6.42 Å². The quantitative estimate of drug-likeness (QED) is 0.704. The minimum Gasteiger partial charge on any atom is -0.323 e. The van der Waals surface area contributed by atoms with Crippen LogP contribution in [0.4, 0.5) is 18.9 Å². The van der Waals surface area contributed by atoms with E-state index in [0.717, 1.165) is 30.8 Å². The number of hydrogen-bond donors (Lipinski definition) is 1. The number of halogens is 3. The van der Waals surface area contributed by atoms with Crippen molar-refractivity contribution in [3.63, 3.8) is 0 Å². The first kappa shape index (κ1) is 16.0. The van der Waals surface area contributed by atoms with Crippen LogP contribution >= 0.6 is 11.3 Å². The normalized spacial score (nSPS) is 14.2. The van der Waals surface area contributed by atoms with Crippen LogP contribution in [0.5, 0.6) is 0 Å². The molecule has 25 heavy (non-hydrogen) atoms. The van der Waals surface area contributed by atoms with Gasteiger partial charge in [-0.3, -0.25) is 4.79 Å². The predicted octanol–water partition coefficient (Wildman–Crippen LogP) is 3.05. The molecule has 4 rings (SSSR count). The van der Waals surface area contributed by atoms with E-state index in [1.54, 1.807) is 4.52 Å². The maximum absolute atomic E-state index is 13.6. The number of benzene rings is 1. The molecule has 0 atom stereocenters. The first-order valence-corrected chi connectivity index (χ1v) is 8.49. The predicted molar refractivity (Wildman–Crippen MR) is 83.9 cm³/mol. The Morgan fingerprint density at radius 1 is 1.24 bits per heavy atom. The molecule has 10 heteroatoms. The molecule has 1 N–H and O–H groups in total. The molecule has 2 heterocycles.